The number of benzene rings is 1. The van der Waals surface area contributed by atoms with E-state index in [9.17, 15) is 9.59 Å². The monoisotopic (exact) mass is 367 g/mol. The van der Waals surface area contributed by atoms with E-state index >= 15 is 0 Å². The molecule has 0 radical (unpaired) electrons. The Bertz CT molecular complexity index is 630. The van der Waals surface area contributed by atoms with E-state index in [1.165, 1.54) is 0 Å². The maximum absolute atomic E-state index is 12.8. The second kappa shape index (κ2) is 8.54. The fourth-order valence-electron chi connectivity index (χ4n) is 3.44. The second-order valence-corrected chi connectivity index (χ2v) is 6.51. The van der Waals surface area contributed by atoms with E-state index < -0.39 is 0 Å². The molecule has 1 atom stereocenters. The lowest BCUT2D eigenvalue weighted by molar-refractivity contribution is -0.135. The van der Waals surface area contributed by atoms with Crippen LogP contribution >= 0.6 is 12.4 Å². The molecule has 2 heterocycles. The molecule has 25 heavy (non-hydrogen) atoms. The predicted octanol–water partition coefficient (Wildman–Crippen LogP) is 1.60. The van der Waals surface area contributed by atoms with Crippen LogP contribution in [0.2, 0.25) is 0 Å². The number of carbonyl (C=O) groups excluding carboxylic acids is 2. The first kappa shape index (κ1) is 19.5. The van der Waals surface area contributed by atoms with Gasteiger partial charge >= 0.3 is 0 Å². The van der Waals surface area contributed by atoms with Crippen LogP contribution in [0.5, 0.6) is 5.75 Å². The van der Waals surface area contributed by atoms with Crippen LogP contribution in [0.4, 0.5) is 5.69 Å². The smallest absolute Gasteiger partial charge is 0.228 e. The number of halogens is 1. The molecular formula is C18H26ClN3O3. The van der Waals surface area contributed by atoms with Crippen LogP contribution in [-0.4, -0.2) is 56.5 Å². The summed E-state index contributed by atoms with van der Waals surface area (Å²) in [5.74, 6) is 0.494. The maximum atomic E-state index is 12.8. The zero-order valence-corrected chi connectivity index (χ0v) is 15.6. The van der Waals surface area contributed by atoms with E-state index in [1.807, 2.05) is 30.0 Å². The zero-order chi connectivity index (χ0) is 17.1. The molecule has 6 nitrogen and oxygen atoms in total. The van der Waals surface area contributed by atoms with E-state index in [4.69, 9.17) is 4.74 Å². The summed E-state index contributed by atoms with van der Waals surface area (Å²) in [4.78, 5) is 28.9. The van der Waals surface area contributed by atoms with Crippen molar-refractivity contribution >= 4 is 29.9 Å². The van der Waals surface area contributed by atoms with Gasteiger partial charge in [-0.3, -0.25) is 9.59 Å². The first-order chi connectivity index (χ1) is 11.6. The second-order valence-electron chi connectivity index (χ2n) is 6.51. The summed E-state index contributed by atoms with van der Waals surface area (Å²) >= 11 is 0. The molecule has 1 aromatic rings. The molecule has 1 aromatic carbocycles. The first-order valence-electron chi connectivity index (χ1n) is 8.54. The molecule has 138 valence electrons. The summed E-state index contributed by atoms with van der Waals surface area (Å²) in [7, 11) is 1.60. The van der Waals surface area contributed by atoms with Gasteiger partial charge in [0.1, 0.15) is 5.75 Å². The SMILES string of the molecule is COc1ccc(C)cc1N1CC(C(=O)N2CCCNCC2)CC1=O.Cl. The van der Waals surface area contributed by atoms with Crippen LogP contribution in [-0.2, 0) is 9.59 Å². The van der Waals surface area contributed by atoms with Gasteiger partial charge in [-0.1, -0.05) is 6.07 Å². The average Bonchev–Trinajstić information content (AvgIpc) is 2.79. The topological polar surface area (TPSA) is 61.9 Å². The van der Waals surface area contributed by atoms with Gasteiger partial charge in [0.25, 0.3) is 0 Å². The number of methoxy groups -OCH3 is 1. The van der Waals surface area contributed by atoms with Crippen molar-refractivity contribution in [2.75, 3.05) is 44.7 Å². The number of nitrogens with zero attached hydrogens (tertiary/aromatic N) is 2. The lowest BCUT2D eigenvalue weighted by Crippen LogP contribution is -2.39. The van der Waals surface area contributed by atoms with Crippen molar-refractivity contribution in [3.8, 4) is 5.75 Å². The lowest BCUT2D eigenvalue weighted by atomic mass is 10.1. The summed E-state index contributed by atoms with van der Waals surface area (Å²) in [6.07, 6.45) is 1.24. The van der Waals surface area contributed by atoms with Gasteiger partial charge in [0, 0.05) is 32.6 Å². The summed E-state index contributed by atoms with van der Waals surface area (Å²) in [5, 5.41) is 3.30. The molecule has 3 rings (SSSR count). The Balaban J connectivity index is 0.00000225. The van der Waals surface area contributed by atoms with Gasteiger partial charge < -0.3 is 19.9 Å². The van der Waals surface area contributed by atoms with Crippen molar-refractivity contribution in [2.45, 2.75) is 19.8 Å². The van der Waals surface area contributed by atoms with Crippen molar-refractivity contribution in [3.63, 3.8) is 0 Å². The third-order valence-electron chi connectivity index (χ3n) is 4.75. The van der Waals surface area contributed by atoms with E-state index in [-0.39, 0.29) is 36.6 Å². The predicted molar refractivity (Wildman–Crippen MR) is 99.5 cm³/mol. The summed E-state index contributed by atoms with van der Waals surface area (Å²) in [5.41, 5.74) is 1.82. The highest BCUT2D eigenvalue weighted by molar-refractivity contribution is 6.01. The average molecular weight is 368 g/mol. The van der Waals surface area contributed by atoms with Gasteiger partial charge in [0.2, 0.25) is 11.8 Å². The molecule has 0 aromatic heterocycles. The molecule has 2 aliphatic heterocycles. The minimum absolute atomic E-state index is 0. The first-order valence-corrected chi connectivity index (χ1v) is 8.54. The van der Waals surface area contributed by atoms with Gasteiger partial charge in [0.05, 0.1) is 18.7 Å². The Morgan fingerprint density at radius 1 is 1.28 bits per heavy atom. The highest BCUT2D eigenvalue weighted by Gasteiger charge is 2.38. The van der Waals surface area contributed by atoms with E-state index in [1.54, 1.807) is 12.0 Å². The summed E-state index contributed by atoms with van der Waals surface area (Å²) < 4.78 is 5.39. The van der Waals surface area contributed by atoms with Crippen molar-refractivity contribution in [1.29, 1.82) is 0 Å². The number of ether oxygens (including phenoxy) is 1. The quantitative estimate of drug-likeness (QED) is 0.881. The number of anilines is 1. The van der Waals surface area contributed by atoms with Gasteiger partial charge in [-0.25, -0.2) is 0 Å². The molecule has 2 aliphatic rings. The van der Waals surface area contributed by atoms with Gasteiger partial charge in [-0.05, 0) is 37.6 Å². The Morgan fingerprint density at radius 3 is 2.84 bits per heavy atom. The van der Waals surface area contributed by atoms with E-state index in [0.717, 1.165) is 43.9 Å². The molecule has 2 amide bonds. The Kier molecular flexibility index (Phi) is 6.67. The lowest BCUT2D eigenvalue weighted by Gasteiger charge is -2.24. The number of amides is 2. The molecule has 1 N–H and O–H groups in total. The van der Waals surface area contributed by atoms with Crippen LogP contribution in [0, 0.1) is 12.8 Å². The number of hydrogen-bond acceptors (Lipinski definition) is 4. The molecule has 0 spiro atoms. The summed E-state index contributed by atoms with van der Waals surface area (Å²) in [6.45, 7) is 5.67. The summed E-state index contributed by atoms with van der Waals surface area (Å²) in [6, 6.07) is 5.77. The van der Waals surface area contributed by atoms with Crippen molar-refractivity contribution in [3.05, 3.63) is 23.8 Å². The fraction of sp³-hybridized carbons (Fsp3) is 0.556. The Labute approximate surface area is 154 Å². The van der Waals surface area contributed by atoms with Crippen LogP contribution in [0.3, 0.4) is 0 Å². The highest BCUT2D eigenvalue weighted by atomic mass is 35.5. The van der Waals surface area contributed by atoms with Crippen molar-refractivity contribution in [2.24, 2.45) is 5.92 Å². The van der Waals surface area contributed by atoms with Crippen LogP contribution < -0.4 is 15.0 Å². The minimum atomic E-state index is -0.263. The minimum Gasteiger partial charge on any atom is -0.495 e. The molecule has 2 saturated heterocycles. The van der Waals surface area contributed by atoms with Crippen LogP contribution in [0.15, 0.2) is 18.2 Å². The fourth-order valence-corrected chi connectivity index (χ4v) is 3.44. The third-order valence-corrected chi connectivity index (χ3v) is 4.75. The Hall–Kier alpha value is -1.79. The molecular weight excluding hydrogens is 342 g/mol. The molecule has 1 unspecified atom stereocenters. The van der Waals surface area contributed by atoms with E-state index in [0.29, 0.717) is 12.3 Å². The molecule has 7 heteroatoms. The molecule has 2 fully saturated rings. The molecule has 0 aliphatic carbocycles. The zero-order valence-electron chi connectivity index (χ0n) is 14.8. The normalized spacial score (nSPS) is 20.9. The molecule has 0 saturated carbocycles. The molecule has 0 bridgehead atoms. The number of carbonyl (C=O) groups is 2. The van der Waals surface area contributed by atoms with Gasteiger partial charge in [-0.2, -0.15) is 0 Å². The largest absolute Gasteiger partial charge is 0.495 e. The highest BCUT2D eigenvalue weighted by Crippen LogP contribution is 2.34. The van der Waals surface area contributed by atoms with Crippen LogP contribution in [0.25, 0.3) is 0 Å². The van der Waals surface area contributed by atoms with Gasteiger partial charge in [0.15, 0.2) is 0 Å². The van der Waals surface area contributed by atoms with Crippen molar-refractivity contribution in [1.82, 2.24) is 10.2 Å². The standard InChI is InChI=1S/C18H25N3O3.ClH/c1-13-4-5-16(24-2)15(10-13)21-12-14(11-17(21)22)18(23)20-8-3-6-19-7-9-20;/h4-5,10,14,19H,3,6-9,11-12H2,1-2H3;1H. The van der Waals surface area contributed by atoms with Crippen LogP contribution in [0.1, 0.15) is 18.4 Å². The number of nitrogens with one attached hydrogen (secondary N) is 1. The number of aryl methyl sites for hydroxylation is 1. The van der Waals surface area contributed by atoms with Crippen molar-refractivity contribution < 1.29 is 14.3 Å². The Morgan fingerprint density at radius 2 is 2.08 bits per heavy atom. The van der Waals surface area contributed by atoms with E-state index in [2.05, 4.69) is 5.32 Å². The number of rotatable bonds is 3. The number of hydrogen-bond donors (Lipinski definition) is 1. The third kappa shape index (κ3) is 4.25. The van der Waals surface area contributed by atoms with Gasteiger partial charge in [-0.15, -0.1) is 12.4 Å². The maximum Gasteiger partial charge on any atom is 0.228 e.